The van der Waals surface area contributed by atoms with Gasteiger partial charge in [0, 0.05) is 19.1 Å². The number of nitrogens with zero attached hydrogens (tertiary/aromatic N) is 1. The molecule has 0 aromatic heterocycles. The summed E-state index contributed by atoms with van der Waals surface area (Å²) in [6, 6.07) is 5.54. The second kappa shape index (κ2) is 5.54. The lowest BCUT2D eigenvalue weighted by Crippen LogP contribution is -2.37. The summed E-state index contributed by atoms with van der Waals surface area (Å²) >= 11 is 6.17. The Hall–Kier alpha value is -1.03. The number of benzene rings is 1. The summed E-state index contributed by atoms with van der Waals surface area (Å²) < 4.78 is 0. The summed E-state index contributed by atoms with van der Waals surface area (Å²) in [5.74, 6) is 0. The quantitative estimate of drug-likeness (QED) is 0.865. The van der Waals surface area contributed by atoms with E-state index >= 15 is 0 Å². The third kappa shape index (κ3) is 3.46. The van der Waals surface area contributed by atoms with Gasteiger partial charge in [-0.2, -0.15) is 0 Å². The second-order valence-corrected chi connectivity index (χ2v) is 4.96. The molecule has 0 aliphatic rings. The van der Waals surface area contributed by atoms with Crippen molar-refractivity contribution in [2.75, 3.05) is 20.7 Å². The van der Waals surface area contributed by atoms with Gasteiger partial charge in [-0.25, -0.2) is 0 Å². The molecule has 0 fully saturated rings. The molecule has 94 valence electrons. The van der Waals surface area contributed by atoms with Crippen molar-refractivity contribution in [2.24, 2.45) is 5.73 Å². The summed E-state index contributed by atoms with van der Waals surface area (Å²) in [5.41, 5.74) is 6.95. The van der Waals surface area contributed by atoms with Crippen LogP contribution in [0.2, 0.25) is 5.02 Å². The zero-order valence-corrected chi connectivity index (χ0v) is 11.2. The Morgan fingerprint density at radius 2 is 2.12 bits per heavy atom. The van der Waals surface area contributed by atoms with Gasteiger partial charge >= 0.3 is 0 Å². The van der Waals surface area contributed by atoms with E-state index in [1.54, 1.807) is 6.92 Å². The van der Waals surface area contributed by atoms with E-state index in [1.165, 1.54) is 0 Å². The van der Waals surface area contributed by atoms with E-state index in [0.717, 1.165) is 11.1 Å². The van der Waals surface area contributed by atoms with Gasteiger partial charge in [0.15, 0.2) is 0 Å². The van der Waals surface area contributed by atoms with E-state index in [2.05, 4.69) is 0 Å². The minimum absolute atomic E-state index is 0.129. The van der Waals surface area contributed by atoms with Crippen molar-refractivity contribution >= 4 is 17.7 Å². The number of nitrogens with two attached hydrogens (primary N) is 1. The van der Waals surface area contributed by atoms with Gasteiger partial charge in [0.05, 0.1) is 12.1 Å². The number of aliphatic hydroxyl groups excluding tert-OH is 1. The highest BCUT2D eigenvalue weighted by atomic mass is 35.5. The van der Waals surface area contributed by atoms with Crippen molar-refractivity contribution in [1.29, 1.82) is 0 Å². The first-order valence-electron chi connectivity index (χ1n) is 5.42. The highest BCUT2D eigenvalue weighted by molar-refractivity contribution is 6.32. The monoisotopic (exact) mass is 254 g/mol. The van der Waals surface area contributed by atoms with Crippen LogP contribution in [-0.4, -0.2) is 30.7 Å². The van der Waals surface area contributed by atoms with Crippen LogP contribution >= 0.6 is 11.6 Å². The Morgan fingerprint density at radius 1 is 1.47 bits per heavy atom. The minimum Gasteiger partial charge on any atom is -0.394 e. The molecule has 0 amide bonds. The van der Waals surface area contributed by atoms with Crippen LogP contribution in [0.3, 0.4) is 0 Å². The van der Waals surface area contributed by atoms with Crippen molar-refractivity contribution in [2.45, 2.75) is 12.5 Å². The number of halogens is 1. The van der Waals surface area contributed by atoms with Gasteiger partial charge in [0.25, 0.3) is 0 Å². The van der Waals surface area contributed by atoms with Gasteiger partial charge in [0.1, 0.15) is 0 Å². The fraction of sp³-hybridized carbons (Fsp3) is 0.385. The Bertz CT molecular complexity index is 414. The lowest BCUT2D eigenvalue weighted by Gasteiger charge is -2.25. The second-order valence-electron chi connectivity index (χ2n) is 4.56. The van der Waals surface area contributed by atoms with Crippen molar-refractivity contribution in [3.8, 4) is 0 Å². The molecule has 1 rings (SSSR count). The summed E-state index contributed by atoms with van der Waals surface area (Å²) in [6.07, 6.45) is 3.80. The molecular formula is C13H19ClN2O. The normalized spacial score (nSPS) is 14.9. The Kier molecular flexibility index (Phi) is 4.57. The summed E-state index contributed by atoms with van der Waals surface area (Å²) in [7, 11) is 3.86. The standard InChI is InChI=1S/C13H19ClN2O/c1-13(15,9-17)11-5-4-6-12(14)10(11)7-8-16(2)3/h4-8,17H,9,15H2,1-3H3. The largest absolute Gasteiger partial charge is 0.394 e. The van der Waals surface area contributed by atoms with Gasteiger partial charge in [0.2, 0.25) is 0 Å². The number of hydrogen-bond donors (Lipinski definition) is 2. The van der Waals surface area contributed by atoms with Gasteiger partial charge in [-0.1, -0.05) is 23.7 Å². The van der Waals surface area contributed by atoms with Crippen molar-refractivity contribution < 1.29 is 5.11 Å². The zero-order chi connectivity index (χ0) is 13.1. The highest BCUT2D eigenvalue weighted by Gasteiger charge is 2.23. The third-order valence-corrected chi connectivity index (χ3v) is 2.87. The molecule has 3 N–H and O–H groups in total. The summed E-state index contributed by atoms with van der Waals surface area (Å²) in [4.78, 5) is 1.92. The fourth-order valence-electron chi connectivity index (χ4n) is 1.51. The molecule has 1 atom stereocenters. The number of rotatable bonds is 4. The van der Waals surface area contributed by atoms with Crippen LogP contribution in [0.1, 0.15) is 18.1 Å². The lowest BCUT2D eigenvalue weighted by molar-refractivity contribution is 0.210. The van der Waals surface area contributed by atoms with Crippen LogP contribution in [0.4, 0.5) is 0 Å². The molecule has 0 spiro atoms. The fourth-order valence-corrected chi connectivity index (χ4v) is 1.75. The maximum absolute atomic E-state index is 9.34. The molecule has 1 aromatic carbocycles. The zero-order valence-electron chi connectivity index (χ0n) is 10.4. The number of aliphatic hydroxyl groups is 1. The van der Waals surface area contributed by atoms with Crippen LogP contribution in [-0.2, 0) is 5.54 Å². The molecule has 3 nitrogen and oxygen atoms in total. The topological polar surface area (TPSA) is 49.5 Å². The predicted molar refractivity (Wildman–Crippen MR) is 72.8 cm³/mol. The smallest absolute Gasteiger partial charge is 0.0650 e. The van der Waals surface area contributed by atoms with Crippen LogP contribution in [0, 0.1) is 0 Å². The maximum atomic E-state index is 9.34. The van der Waals surface area contributed by atoms with Gasteiger partial charge in [-0.05, 0) is 36.4 Å². The van der Waals surface area contributed by atoms with Gasteiger partial charge < -0.3 is 15.7 Å². The molecule has 17 heavy (non-hydrogen) atoms. The third-order valence-electron chi connectivity index (χ3n) is 2.54. The van der Waals surface area contributed by atoms with Crippen LogP contribution in [0.5, 0.6) is 0 Å². The molecular weight excluding hydrogens is 236 g/mol. The van der Waals surface area contributed by atoms with Crippen LogP contribution in [0.15, 0.2) is 24.4 Å². The van der Waals surface area contributed by atoms with Crippen molar-refractivity contribution in [1.82, 2.24) is 4.90 Å². The molecule has 0 saturated heterocycles. The van der Waals surface area contributed by atoms with Gasteiger partial charge in [-0.15, -0.1) is 0 Å². The number of hydrogen-bond acceptors (Lipinski definition) is 3. The van der Waals surface area contributed by atoms with E-state index in [1.807, 2.05) is 49.5 Å². The van der Waals surface area contributed by atoms with Crippen molar-refractivity contribution in [3.05, 3.63) is 40.5 Å². The molecule has 0 aliphatic heterocycles. The minimum atomic E-state index is -0.795. The molecule has 0 bridgehead atoms. The van der Waals surface area contributed by atoms with E-state index < -0.39 is 5.54 Å². The summed E-state index contributed by atoms with van der Waals surface area (Å²) in [6.45, 7) is 1.65. The van der Waals surface area contributed by atoms with E-state index in [-0.39, 0.29) is 6.61 Å². The first-order chi connectivity index (χ1) is 7.88. The molecule has 1 unspecified atom stereocenters. The van der Waals surface area contributed by atoms with E-state index in [0.29, 0.717) is 5.02 Å². The highest BCUT2D eigenvalue weighted by Crippen LogP contribution is 2.28. The average Bonchev–Trinajstić information content (AvgIpc) is 2.27. The predicted octanol–water partition coefficient (Wildman–Crippen LogP) is 2.04. The SMILES string of the molecule is CN(C)C=Cc1c(Cl)cccc1C(C)(N)CO. The van der Waals surface area contributed by atoms with E-state index in [4.69, 9.17) is 17.3 Å². The van der Waals surface area contributed by atoms with Gasteiger partial charge in [-0.3, -0.25) is 0 Å². The first kappa shape index (κ1) is 14.0. The first-order valence-corrected chi connectivity index (χ1v) is 5.79. The molecule has 0 heterocycles. The molecule has 4 heteroatoms. The molecule has 0 radical (unpaired) electrons. The van der Waals surface area contributed by atoms with Crippen LogP contribution in [0.25, 0.3) is 6.08 Å². The van der Waals surface area contributed by atoms with Crippen LogP contribution < -0.4 is 5.73 Å². The molecule has 0 saturated carbocycles. The molecule has 1 aromatic rings. The average molecular weight is 255 g/mol. The van der Waals surface area contributed by atoms with Crippen molar-refractivity contribution in [3.63, 3.8) is 0 Å². The Labute approximate surface area is 107 Å². The summed E-state index contributed by atoms with van der Waals surface area (Å²) in [5, 5.41) is 9.97. The lowest BCUT2D eigenvalue weighted by atomic mass is 9.90. The molecule has 0 aliphatic carbocycles. The van der Waals surface area contributed by atoms with E-state index in [9.17, 15) is 5.11 Å². The Balaban J connectivity index is 3.27. The Morgan fingerprint density at radius 3 is 2.65 bits per heavy atom. The maximum Gasteiger partial charge on any atom is 0.0650 e.